The lowest BCUT2D eigenvalue weighted by molar-refractivity contribution is -0.143. The molecule has 0 bridgehead atoms. The predicted octanol–water partition coefficient (Wildman–Crippen LogP) is 0.587. The second-order valence-electron chi connectivity index (χ2n) is 4.78. The third-order valence-corrected chi connectivity index (χ3v) is 3.13. The third kappa shape index (κ3) is 4.86. The van der Waals surface area contributed by atoms with Gasteiger partial charge in [0.25, 0.3) is 5.91 Å². The van der Waals surface area contributed by atoms with E-state index in [1.54, 1.807) is 4.90 Å². The van der Waals surface area contributed by atoms with E-state index in [1.165, 1.54) is 0 Å². The molecule has 2 N–H and O–H groups in total. The average Bonchev–Trinajstić information content (AvgIpc) is 2.27. The molecule has 108 valence electrons. The molecule has 0 saturated carbocycles. The van der Waals surface area contributed by atoms with E-state index in [4.69, 9.17) is 5.11 Å². The Morgan fingerprint density at radius 3 is 2.32 bits per heavy atom. The van der Waals surface area contributed by atoms with Crippen molar-refractivity contribution in [2.24, 2.45) is 0 Å². The van der Waals surface area contributed by atoms with Crippen molar-refractivity contribution in [2.45, 2.75) is 45.2 Å². The van der Waals surface area contributed by atoms with E-state index < -0.39 is 31.1 Å². The molecule has 1 fully saturated rings. The van der Waals surface area contributed by atoms with Crippen LogP contribution in [0.2, 0.25) is 0 Å². The van der Waals surface area contributed by atoms with E-state index in [1.807, 2.05) is 13.8 Å². The number of aliphatic carboxylic acids is 1. The van der Waals surface area contributed by atoms with E-state index in [2.05, 4.69) is 10.1 Å². The van der Waals surface area contributed by atoms with Crippen LogP contribution in [0.3, 0.4) is 0 Å². The van der Waals surface area contributed by atoms with Crippen molar-refractivity contribution >= 4 is 17.9 Å². The highest BCUT2D eigenvalue weighted by Gasteiger charge is 2.29. The van der Waals surface area contributed by atoms with Crippen LogP contribution < -0.4 is 5.32 Å². The lowest BCUT2D eigenvalue weighted by Crippen LogP contribution is -2.53. The standard InChI is InChI=1S/C12H20N2O5/c1-8-4-3-5-9(2)14(8)12(18)13-10(15)6-19-7-11(16)17/h8-9H,3-7H2,1-2H3,(H,16,17)(H,13,15,18)/t8-,9+. The number of carbonyl (C=O) groups excluding carboxylic acids is 2. The number of rotatable bonds is 4. The number of carboxylic acid groups (broad SMARTS) is 1. The number of likely N-dealkylation sites (tertiary alicyclic amines) is 1. The Morgan fingerprint density at radius 2 is 1.79 bits per heavy atom. The molecule has 0 aliphatic carbocycles. The zero-order valence-corrected chi connectivity index (χ0v) is 11.2. The van der Waals surface area contributed by atoms with Gasteiger partial charge in [-0.05, 0) is 33.1 Å². The van der Waals surface area contributed by atoms with Crippen LogP contribution in [0.1, 0.15) is 33.1 Å². The van der Waals surface area contributed by atoms with Crippen LogP contribution in [0.4, 0.5) is 4.79 Å². The second-order valence-corrected chi connectivity index (χ2v) is 4.78. The Labute approximate surface area is 111 Å². The van der Waals surface area contributed by atoms with Crippen LogP contribution in [-0.2, 0) is 14.3 Å². The van der Waals surface area contributed by atoms with Crippen molar-refractivity contribution in [3.63, 3.8) is 0 Å². The quantitative estimate of drug-likeness (QED) is 0.780. The van der Waals surface area contributed by atoms with Crippen molar-refractivity contribution in [3.8, 4) is 0 Å². The first-order valence-corrected chi connectivity index (χ1v) is 6.33. The molecule has 19 heavy (non-hydrogen) atoms. The molecule has 1 saturated heterocycles. The van der Waals surface area contributed by atoms with Gasteiger partial charge in [-0.3, -0.25) is 10.1 Å². The third-order valence-electron chi connectivity index (χ3n) is 3.13. The van der Waals surface area contributed by atoms with Gasteiger partial charge in [-0.15, -0.1) is 0 Å². The lowest BCUT2D eigenvalue weighted by atomic mass is 9.98. The molecule has 7 nitrogen and oxygen atoms in total. The van der Waals surface area contributed by atoms with Crippen LogP contribution >= 0.6 is 0 Å². The van der Waals surface area contributed by atoms with Crippen molar-refractivity contribution < 1.29 is 24.2 Å². The smallest absolute Gasteiger partial charge is 0.329 e. The second kappa shape index (κ2) is 7.08. The number of ether oxygens (including phenoxy) is 1. The fourth-order valence-corrected chi connectivity index (χ4v) is 2.27. The Balaban J connectivity index is 2.40. The Kier molecular flexibility index (Phi) is 5.75. The van der Waals surface area contributed by atoms with E-state index in [0.717, 1.165) is 19.3 Å². The number of hydrogen-bond donors (Lipinski definition) is 2. The van der Waals surface area contributed by atoms with Crippen molar-refractivity contribution in [3.05, 3.63) is 0 Å². The number of carbonyl (C=O) groups is 3. The largest absolute Gasteiger partial charge is 0.480 e. The van der Waals surface area contributed by atoms with Gasteiger partial charge in [-0.25, -0.2) is 9.59 Å². The molecular weight excluding hydrogens is 252 g/mol. The summed E-state index contributed by atoms with van der Waals surface area (Å²) < 4.78 is 4.62. The Bertz CT molecular complexity index is 348. The zero-order chi connectivity index (χ0) is 14.4. The highest BCUT2D eigenvalue weighted by atomic mass is 16.5. The molecular formula is C12H20N2O5. The van der Waals surface area contributed by atoms with Crippen LogP contribution in [0, 0.1) is 0 Å². The van der Waals surface area contributed by atoms with Gasteiger partial charge in [0.05, 0.1) is 0 Å². The van der Waals surface area contributed by atoms with Gasteiger partial charge in [0.2, 0.25) is 0 Å². The van der Waals surface area contributed by atoms with Gasteiger partial charge in [0.15, 0.2) is 0 Å². The number of nitrogens with zero attached hydrogens (tertiary/aromatic N) is 1. The van der Waals surface area contributed by atoms with Crippen LogP contribution in [0.5, 0.6) is 0 Å². The number of imide groups is 1. The summed E-state index contributed by atoms with van der Waals surface area (Å²) in [6.45, 7) is 2.90. The Morgan fingerprint density at radius 1 is 1.21 bits per heavy atom. The van der Waals surface area contributed by atoms with E-state index in [-0.39, 0.29) is 12.1 Å². The van der Waals surface area contributed by atoms with Gasteiger partial charge >= 0.3 is 12.0 Å². The molecule has 0 aromatic rings. The van der Waals surface area contributed by atoms with Crippen molar-refractivity contribution in [2.75, 3.05) is 13.2 Å². The highest BCUT2D eigenvalue weighted by molar-refractivity contribution is 5.95. The van der Waals surface area contributed by atoms with Gasteiger partial charge in [-0.2, -0.15) is 0 Å². The molecule has 2 atom stereocenters. The number of nitrogens with one attached hydrogen (secondary N) is 1. The van der Waals surface area contributed by atoms with Crippen LogP contribution in [0.25, 0.3) is 0 Å². The molecule has 1 rings (SSSR count). The van der Waals surface area contributed by atoms with Gasteiger partial charge in [0, 0.05) is 12.1 Å². The number of hydrogen-bond acceptors (Lipinski definition) is 4. The summed E-state index contributed by atoms with van der Waals surface area (Å²) >= 11 is 0. The fourth-order valence-electron chi connectivity index (χ4n) is 2.27. The molecule has 0 aromatic heterocycles. The summed E-state index contributed by atoms with van der Waals surface area (Å²) in [5.74, 6) is -1.78. The predicted molar refractivity (Wildman–Crippen MR) is 66.6 cm³/mol. The topological polar surface area (TPSA) is 95.9 Å². The van der Waals surface area contributed by atoms with Gasteiger partial charge < -0.3 is 14.7 Å². The summed E-state index contributed by atoms with van der Waals surface area (Å²) in [7, 11) is 0. The number of carboxylic acids is 1. The van der Waals surface area contributed by atoms with Crippen molar-refractivity contribution in [1.82, 2.24) is 10.2 Å². The summed E-state index contributed by atoms with van der Waals surface area (Å²) in [5, 5.41) is 10.6. The molecule has 1 heterocycles. The molecule has 1 aliphatic rings. The molecule has 0 unspecified atom stereocenters. The maximum Gasteiger partial charge on any atom is 0.329 e. The van der Waals surface area contributed by atoms with Crippen LogP contribution in [0.15, 0.2) is 0 Å². The van der Waals surface area contributed by atoms with E-state index >= 15 is 0 Å². The van der Waals surface area contributed by atoms with E-state index in [9.17, 15) is 14.4 Å². The van der Waals surface area contributed by atoms with Crippen molar-refractivity contribution in [1.29, 1.82) is 0 Å². The molecule has 3 amide bonds. The number of piperidine rings is 1. The summed E-state index contributed by atoms with van der Waals surface area (Å²) in [6.07, 6.45) is 2.91. The lowest BCUT2D eigenvalue weighted by Gasteiger charge is -2.38. The van der Waals surface area contributed by atoms with Gasteiger partial charge in [0.1, 0.15) is 13.2 Å². The zero-order valence-electron chi connectivity index (χ0n) is 11.2. The Hall–Kier alpha value is -1.63. The minimum Gasteiger partial charge on any atom is -0.480 e. The summed E-state index contributed by atoms with van der Waals surface area (Å²) in [6, 6.07) is -0.253. The minimum absolute atomic E-state index is 0.0940. The molecule has 0 radical (unpaired) electrons. The van der Waals surface area contributed by atoms with E-state index in [0.29, 0.717) is 0 Å². The maximum atomic E-state index is 11.9. The van der Waals surface area contributed by atoms with Crippen LogP contribution in [-0.4, -0.2) is 53.2 Å². The fraction of sp³-hybridized carbons (Fsp3) is 0.750. The molecule has 0 aromatic carbocycles. The molecule has 7 heteroatoms. The first-order valence-electron chi connectivity index (χ1n) is 6.33. The summed E-state index contributed by atoms with van der Waals surface area (Å²) in [4.78, 5) is 35.2. The average molecular weight is 272 g/mol. The summed E-state index contributed by atoms with van der Waals surface area (Å²) in [5.41, 5.74) is 0. The molecule has 1 aliphatic heterocycles. The molecule has 0 spiro atoms. The number of amides is 3. The SMILES string of the molecule is C[C@@H]1CCC[C@H](C)N1C(=O)NC(=O)COCC(=O)O. The minimum atomic E-state index is -1.16. The van der Waals surface area contributed by atoms with Gasteiger partial charge in [-0.1, -0.05) is 0 Å². The first kappa shape index (κ1) is 15.4. The maximum absolute atomic E-state index is 11.9. The first-order chi connectivity index (χ1) is 8.91. The normalized spacial score (nSPS) is 22.9. The highest BCUT2D eigenvalue weighted by Crippen LogP contribution is 2.22. The number of urea groups is 1. The monoisotopic (exact) mass is 272 g/mol.